The number of H-pyrrole nitrogens is 1. The Morgan fingerprint density at radius 3 is 2.38 bits per heavy atom. The van der Waals surface area contributed by atoms with Crippen molar-refractivity contribution in [2.75, 3.05) is 0 Å². The van der Waals surface area contributed by atoms with Gasteiger partial charge < -0.3 is 14.7 Å². The van der Waals surface area contributed by atoms with Crippen LogP contribution in [0.3, 0.4) is 0 Å². The summed E-state index contributed by atoms with van der Waals surface area (Å²) >= 11 is 0. The van der Waals surface area contributed by atoms with E-state index in [0.29, 0.717) is 0 Å². The molecule has 3 aromatic carbocycles. The van der Waals surface area contributed by atoms with Crippen molar-refractivity contribution in [1.82, 2.24) is 4.98 Å². The van der Waals surface area contributed by atoms with E-state index in [1.54, 1.807) is 21.3 Å². The van der Waals surface area contributed by atoms with Crippen LogP contribution in [0, 0.1) is 0 Å². The minimum atomic E-state index is -0.946. The molecule has 26 heavy (non-hydrogen) atoms. The lowest BCUT2D eigenvalue weighted by Gasteiger charge is -2.37. The molecular formula is C22H23BNO2. The maximum absolute atomic E-state index is 10.3. The normalized spacial score (nSPS) is 13.0. The van der Waals surface area contributed by atoms with Crippen LogP contribution in [-0.2, 0) is 4.65 Å². The van der Waals surface area contributed by atoms with Crippen LogP contribution < -0.4 is 5.46 Å². The number of aromatic nitrogens is 1. The average Bonchev–Trinajstić information content (AvgIpc) is 2.94. The van der Waals surface area contributed by atoms with Gasteiger partial charge in [-0.2, -0.15) is 0 Å². The number of fused-ring (bicyclic) bond motifs is 4. The lowest BCUT2D eigenvalue weighted by molar-refractivity contribution is -0.0893. The molecule has 1 radical (unpaired) electrons. The van der Waals surface area contributed by atoms with Crippen molar-refractivity contribution in [3.8, 4) is 0 Å². The molecule has 1 aromatic heterocycles. The van der Waals surface area contributed by atoms with Crippen molar-refractivity contribution < 1.29 is 9.76 Å². The number of hydrogen-bond donors (Lipinski definition) is 2. The van der Waals surface area contributed by atoms with Crippen LogP contribution in [0.25, 0.3) is 32.6 Å². The fourth-order valence-electron chi connectivity index (χ4n) is 3.11. The molecule has 0 amide bonds. The van der Waals surface area contributed by atoms with Crippen molar-refractivity contribution in [2.24, 2.45) is 0 Å². The lowest BCUT2D eigenvalue weighted by atomic mass is 9.80. The van der Waals surface area contributed by atoms with Crippen molar-refractivity contribution in [1.29, 1.82) is 0 Å². The molecule has 0 aliphatic heterocycles. The van der Waals surface area contributed by atoms with Crippen molar-refractivity contribution in [3.05, 3.63) is 54.6 Å². The van der Waals surface area contributed by atoms with E-state index >= 15 is 0 Å². The van der Waals surface area contributed by atoms with Gasteiger partial charge in [0.25, 0.3) is 0 Å². The van der Waals surface area contributed by atoms with Crippen LogP contribution in [0.5, 0.6) is 0 Å². The molecule has 4 heteroatoms. The van der Waals surface area contributed by atoms with E-state index in [4.69, 9.17) is 4.65 Å². The molecular weight excluding hydrogens is 321 g/mol. The zero-order valence-corrected chi connectivity index (χ0v) is 15.6. The minimum absolute atomic E-state index is 0.694. The maximum atomic E-state index is 10.3. The molecule has 1 heterocycles. The Labute approximate surface area is 154 Å². The summed E-state index contributed by atoms with van der Waals surface area (Å²) < 4.78 is 5.97. The molecule has 0 saturated carbocycles. The van der Waals surface area contributed by atoms with Crippen LogP contribution in [-0.4, -0.2) is 28.8 Å². The summed E-state index contributed by atoms with van der Waals surface area (Å²) in [5.74, 6) is 0. The monoisotopic (exact) mass is 344 g/mol. The van der Waals surface area contributed by atoms with Gasteiger partial charge >= 0.3 is 7.48 Å². The van der Waals surface area contributed by atoms with Crippen molar-refractivity contribution >= 4 is 45.5 Å². The van der Waals surface area contributed by atoms with Crippen LogP contribution in [0.4, 0.5) is 0 Å². The van der Waals surface area contributed by atoms with Crippen LogP contribution in [0.15, 0.2) is 54.6 Å². The molecule has 0 unspecified atom stereocenters. The third kappa shape index (κ3) is 2.79. The highest BCUT2D eigenvalue weighted by Gasteiger charge is 2.35. The third-order valence-corrected chi connectivity index (χ3v) is 5.49. The number of hydrogen-bond acceptors (Lipinski definition) is 2. The topological polar surface area (TPSA) is 45.2 Å². The molecule has 0 bridgehead atoms. The zero-order chi connectivity index (χ0) is 18.5. The molecule has 131 valence electrons. The molecule has 0 spiro atoms. The molecule has 0 atom stereocenters. The highest BCUT2D eigenvalue weighted by molar-refractivity contribution is 6.51. The number of aliphatic hydroxyl groups is 1. The van der Waals surface area contributed by atoms with Crippen molar-refractivity contribution in [2.45, 2.75) is 38.9 Å². The highest BCUT2D eigenvalue weighted by atomic mass is 16.5. The largest absolute Gasteiger partial charge is 0.427 e. The van der Waals surface area contributed by atoms with E-state index < -0.39 is 11.2 Å². The van der Waals surface area contributed by atoms with E-state index in [2.05, 4.69) is 41.4 Å². The second kappa shape index (κ2) is 5.87. The first kappa shape index (κ1) is 17.1. The Hall–Kier alpha value is -2.30. The molecule has 3 nitrogen and oxygen atoms in total. The van der Waals surface area contributed by atoms with Gasteiger partial charge in [-0.1, -0.05) is 36.4 Å². The minimum Gasteiger partial charge on any atom is -0.427 e. The van der Waals surface area contributed by atoms with Crippen LogP contribution in [0.1, 0.15) is 27.7 Å². The Morgan fingerprint density at radius 1 is 0.846 bits per heavy atom. The van der Waals surface area contributed by atoms with Crippen LogP contribution in [0.2, 0.25) is 0 Å². The van der Waals surface area contributed by atoms with Crippen LogP contribution >= 0.6 is 0 Å². The zero-order valence-electron chi connectivity index (χ0n) is 15.6. The predicted octanol–water partition coefficient (Wildman–Crippen LogP) is 4.28. The molecule has 0 aliphatic rings. The molecule has 2 N–H and O–H groups in total. The molecule has 4 aromatic rings. The molecule has 0 aliphatic carbocycles. The number of benzene rings is 3. The van der Waals surface area contributed by atoms with Gasteiger partial charge in [-0.25, -0.2) is 0 Å². The summed E-state index contributed by atoms with van der Waals surface area (Å²) in [4.78, 5) is 3.50. The van der Waals surface area contributed by atoms with Gasteiger partial charge in [0.15, 0.2) is 0 Å². The quantitative estimate of drug-likeness (QED) is 0.543. The Morgan fingerprint density at radius 2 is 1.62 bits per heavy atom. The average molecular weight is 344 g/mol. The number of rotatable bonds is 4. The van der Waals surface area contributed by atoms with Gasteiger partial charge in [0.05, 0.1) is 11.2 Å². The number of nitrogens with one attached hydrogen (secondary N) is 1. The third-order valence-electron chi connectivity index (χ3n) is 5.49. The fourth-order valence-corrected chi connectivity index (χ4v) is 3.11. The Kier molecular flexibility index (Phi) is 3.87. The Balaban J connectivity index is 1.80. The first-order valence-electron chi connectivity index (χ1n) is 8.93. The van der Waals surface area contributed by atoms with Crippen molar-refractivity contribution in [3.63, 3.8) is 0 Å². The maximum Gasteiger partial charge on any atom is 0.331 e. The highest BCUT2D eigenvalue weighted by Crippen LogP contribution is 2.29. The van der Waals surface area contributed by atoms with Gasteiger partial charge in [-0.05, 0) is 62.1 Å². The fraction of sp³-hybridized carbons (Fsp3) is 0.273. The second-order valence-electron chi connectivity index (χ2n) is 7.94. The summed E-state index contributed by atoms with van der Waals surface area (Å²) in [5.41, 5.74) is 1.61. The summed E-state index contributed by atoms with van der Waals surface area (Å²) in [6.07, 6.45) is 0. The van der Waals surface area contributed by atoms with E-state index in [1.807, 2.05) is 32.0 Å². The standard InChI is InChI=1S/C22H23BNO2/c1-21(2,25)22(3,4)26-23-18-10-7-8-14-12-17-15-9-5-6-11-19(15)24-20(17)13-16(14)18/h5-13,24-25H,1-4H3. The van der Waals surface area contributed by atoms with E-state index in [-0.39, 0.29) is 0 Å². The first-order chi connectivity index (χ1) is 12.3. The van der Waals surface area contributed by atoms with Gasteiger partial charge in [0.2, 0.25) is 0 Å². The van der Waals surface area contributed by atoms with Gasteiger partial charge in [0.1, 0.15) is 0 Å². The van der Waals surface area contributed by atoms with E-state index in [9.17, 15) is 5.11 Å². The molecule has 4 rings (SSSR count). The second-order valence-corrected chi connectivity index (χ2v) is 7.94. The SMILES string of the molecule is CC(C)(O)C(C)(C)O[B]c1cccc2cc3c(cc12)[nH]c1ccccc13. The van der Waals surface area contributed by atoms with Gasteiger partial charge in [0, 0.05) is 21.8 Å². The van der Waals surface area contributed by atoms with E-state index in [0.717, 1.165) is 21.9 Å². The number of para-hydroxylation sites is 1. The molecule has 0 fully saturated rings. The summed E-state index contributed by atoms with van der Waals surface area (Å²) in [6.45, 7) is 7.31. The lowest BCUT2D eigenvalue weighted by Crippen LogP contribution is -2.49. The smallest absolute Gasteiger partial charge is 0.331 e. The Bertz CT molecular complexity index is 1110. The number of aromatic amines is 1. The predicted molar refractivity (Wildman–Crippen MR) is 110 cm³/mol. The first-order valence-corrected chi connectivity index (χ1v) is 8.93. The summed E-state index contributed by atoms with van der Waals surface area (Å²) in [6, 6.07) is 19.0. The van der Waals surface area contributed by atoms with Gasteiger partial charge in [-0.3, -0.25) is 0 Å². The summed E-state index contributed by atoms with van der Waals surface area (Å²) in [7, 11) is 1.76. The summed E-state index contributed by atoms with van der Waals surface area (Å²) in [5, 5.41) is 15.1. The van der Waals surface area contributed by atoms with E-state index in [1.165, 1.54) is 16.2 Å². The molecule has 0 saturated heterocycles. The van der Waals surface area contributed by atoms with Gasteiger partial charge in [-0.15, -0.1) is 0 Å².